The molecule has 0 aliphatic carbocycles. The molecule has 0 aromatic heterocycles. The number of rotatable bonds is 4. The zero-order chi connectivity index (χ0) is 11.4. The first-order chi connectivity index (χ1) is 7.04. The lowest BCUT2D eigenvalue weighted by atomic mass is 10.0. The van der Waals surface area contributed by atoms with Crippen LogP contribution in [0.2, 0.25) is 0 Å². The molecule has 0 saturated carbocycles. The van der Waals surface area contributed by atoms with Crippen molar-refractivity contribution < 1.29 is 5.11 Å². The molecule has 0 saturated heterocycles. The summed E-state index contributed by atoms with van der Waals surface area (Å²) in [6, 6.07) is 5.71. The van der Waals surface area contributed by atoms with Gasteiger partial charge in [0.05, 0.1) is 24.0 Å². The second kappa shape index (κ2) is 5.37. The second-order valence-electron chi connectivity index (χ2n) is 3.91. The molecule has 0 bridgehead atoms. The molecule has 0 aliphatic heterocycles. The fourth-order valence-corrected chi connectivity index (χ4v) is 1.67. The molecule has 1 atom stereocenters. The Labute approximate surface area is 98.8 Å². The Bertz CT molecular complexity index is 328. The maximum Gasteiger partial charge on any atom is 0.0635 e. The van der Waals surface area contributed by atoms with Crippen LogP contribution in [-0.2, 0) is 0 Å². The molecular weight excluding hydrogens is 256 g/mol. The fourth-order valence-electron chi connectivity index (χ4n) is 1.29. The average Bonchev–Trinajstić information content (AvgIpc) is 2.16. The maximum absolute atomic E-state index is 9.19. The number of aliphatic hydroxyl groups is 1. The Morgan fingerprint density at radius 3 is 2.60 bits per heavy atom. The van der Waals surface area contributed by atoms with Crippen LogP contribution in [0, 0.1) is 5.92 Å². The van der Waals surface area contributed by atoms with Gasteiger partial charge >= 0.3 is 0 Å². The summed E-state index contributed by atoms with van der Waals surface area (Å²) in [6.07, 6.45) is 0. The second-order valence-corrected chi connectivity index (χ2v) is 4.82. The highest BCUT2D eigenvalue weighted by Crippen LogP contribution is 2.24. The summed E-state index contributed by atoms with van der Waals surface area (Å²) in [5.74, 6) is 0.359. The van der Waals surface area contributed by atoms with E-state index in [1.54, 1.807) is 0 Å². The van der Waals surface area contributed by atoms with Crippen molar-refractivity contribution in [1.82, 2.24) is 0 Å². The molecule has 1 unspecified atom stereocenters. The monoisotopic (exact) mass is 272 g/mol. The smallest absolute Gasteiger partial charge is 0.0635 e. The van der Waals surface area contributed by atoms with Crippen molar-refractivity contribution in [3.63, 3.8) is 0 Å². The van der Waals surface area contributed by atoms with Crippen LogP contribution in [0.1, 0.15) is 13.8 Å². The van der Waals surface area contributed by atoms with E-state index in [0.29, 0.717) is 11.6 Å². The number of hydrogen-bond donors (Lipinski definition) is 3. The molecule has 84 valence electrons. The van der Waals surface area contributed by atoms with Crippen LogP contribution in [-0.4, -0.2) is 17.8 Å². The summed E-state index contributed by atoms with van der Waals surface area (Å²) in [6.45, 7) is 4.22. The highest BCUT2D eigenvalue weighted by molar-refractivity contribution is 9.10. The van der Waals surface area contributed by atoms with Crippen molar-refractivity contribution in [3.8, 4) is 0 Å². The first kappa shape index (κ1) is 12.3. The summed E-state index contributed by atoms with van der Waals surface area (Å²) in [5.41, 5.74) is 7.40. The molecule has 0 heterocycles. The van der Waals surface area contributed by atoms with Crippen molar-refractivity contribution in [3.05, 3.63) is 22.7 Å². The van der Waals surface area contributed by atoms with Crippen LogP contribution in [0.15, 0.2) is 22.7 Å². The maximum atomic E-state index is 9.19. The Balaban J connectivity index is 2.79. The summed E-state index contributed by atoms with van der Waals surface area (Å²) < 4.78 is 0.954. The van der Waals surface area contributed by atoms with Crippen molar-refractivity contribution in [2.75, 3.05) is 17.7 Å². The zero-order valence-corrected chi connectivity index (χ0v) is 10.6. The fraction of sp³-hybridized carbons (Fsp3) is 0.455. The molecule has 0 radical (unpaired) electrons. The molecule has 0 amide bonds. The lowest BCUT2D eigenvalue weighted by Crippen LogP contribution is -2.29. The van der Waals surface area contributed by atoms with E-state index in [1.807, 2.05) is 18.2 Å². The number of halogens is 1. The number of nitrogen functional groups attached to an aromatic ring is 1. The molecular formula is C11H17BrN2O. The van der Waals surface area contributed by atoms with Gasteiger partial charge in [-0.05, 0) is 24.1 Å². The molecule has 1 aromatic carbocycles. The van der Waals surface area contributed by atoms with Crippen molar-refractivity contribution >= 4 is 27.3 Å². The quantitative estimate of drug-likeness (QED) is 0.738. The van der Waals surface area contributed by atoms with E-state index >= 15 is 0 Å². The van der Waals surface area contributed by atoms with Crippen LogP contribution in [0.25, 0.3) is 0 Å². The van der Waals surface area contributed by atoms with E-state index in [2.05, 4.69) is 35.1 Å². The van der Waals surface area contributed by atoms with Gasteiger partial charge in [-0.15, -0.1) is 0 Å². The number of hydrogen-bond acceptors (Lipinski definition) is 3. The number of nitrogens with two attached hydrogens (primary N) is 1. The molecule has 0 fully saturated rings. The predicted octanol–water partition coefficient (Wildman–Crippen LogP) is 2.46. The standard InChI is InChI=1S/C11H17BrN2O/c1-7(2)11(6-15)14-10-4-3-8(12)5-9(10)13/h3-5,7,11,14-15H,6,13H2,1-2H3. The highest BCUT2D eigenvalue weighted by atomic mass is 79.9. The van der Waals surface area contributed by atoms with E-state index in [4.69, 9.17) is 5.73 Å². The average molecular weight is 273 g/mol. The van der Waals surface area contributed by atoms with Gasteiger partial charge in [0.15, 0.2) is 0 Å². The molecule has 1 rings (SSSR count). The van der Waals surface area contributed by atoms with Gasteiger partial charge < -0.3 is 16.2 Å². The number of nitrogens with one attached hydrogen (secondary N) is 1. The largest absolute Gasteiger partial charge is 0.397 e. The van der Waals surface area contributed by atoms with E-state index < -0.39 is 0 Å². The predicted molar refractivity (Wildman–Crippen MR) is 67.9 cm³/mol. The molecule has 3 nitrogen and oxygen atoms in total. The minimum absolute atomic E-state index is 0.0356. The first-order valence-corrected chi connectivity index (χ1v) is 5.76. The van der Waals surface area contributed by atoms with Crippen LogP contribution >= 0.6 is 15.9 Å². The normalized spacial score (nSPS) is 12.9. The van der Waals surface area contributed by atoms with Crippen molar-refractivity contribution in [2.45, 2.75) is 19.9 Å². The Morgan fingerprint density at radius 2 is 2.13 bits per heavy atom. The van der Waals surface area contributed by atoms with E-state index in [9.17, 15) is 5.11 Å². The van der Waals surface area contributed by atoms with Gasteiger partial charge in [0.1, 0.15) is 0 Å². The van der Waals surface area contributed by atoms with Crippen LogP contribution in [0.3, 0.4) is 0 Å². The lowest BCUT2D eigenvalue weighted by Gasteiger charge is -2.22. The summed E-state index contributed by atoms with van der Waals surface area (Å²) in [7, 11) is 0. The van der Waals surface area contributed by atoms with Gasteiger partial charge in [0, 0.05) is 4.47 Å². The van der Waals surface area contributed by atoms with Gasteiger partial charge in [-0.3, -0.25) is 0 Å². The highest BCUT2D eigenvalue weighted by Gasteiger charge is 2.12. The molecule has 4 N–H and O–H groups in total. The van der Waals surface area contributed by atoms with Crippen molar-refractivity contribution in [1.29, 1.82) is 0 Å². The summed E-state index contributed by atoms with van der Waals surface area (Å²) in [4.78, 5) is 0. The summed E-state index contributed by atoms with van der Waals surface area (Å²) >= 11 is 3.35. The van der Waals surface area contributed by atoms with E-state index in [-0.39, 0.29) is 12.6 Å². The minimum Gasteiger partial charge on any atom is -0.397 e. The molecule has 15 heavy (non-hydrogen) atoms. The zero-order valence-electron chi connectivity index (χ0n) is 9.00. The minimum atomic E-state index is 0.0356. The molecule has 4 heteroatoms. The van der Waals surface area contributed by atoms with Gasteiger partial charge in [-0.2, -0.15) is 0 Å². The SMILES string of the molecule is CC(C)C(CO)Nc1ccc(Br)cc1N. The number of aliphatic hydroxyl groups excluding tert-OH is 1. The Hall–Kier alpha value is -0.740. The third-order valence-corrected chi connectivity index (χ3v) is 2.85. The van der Waals surface area contributed by atoms with Crippen LogP contribution in [0.5, 0.6) is 0 Å². The molecule has 0 spiro atoms. The van der Waals surface area contributed by atoms with Gasteiger partial charge in [0.2, 0.25) is 0 Å². The molecule has 1 aromatic rings. The summed E-state index contributed by atoms with van der Waals surface area (Å²) in [5, 5.41) is 12.4. The Kier molecular flexibility index (Phi) is 4.42. The van der Waals surface area contributed by atoms with Gasteiger partial charge in [-0.1, -0.05) is 29.8 Å². The van der Waals surface area contributed by atoms with Gasteiger partial charge in [-0.25, -0.2) is 0 Å². The van der Waals surface area contributed by atoms with E-state index in [0.717, 1.165) is 10.2 Å². The lowest BCUT2D eigenvalue weighted by molar-refractivity contribution is 0.249. The molecule has 0 aliphatic rings. The third-order valence-electron chi connectivity index (χ3n) is 2.36. The van der Waals surface area contributed by atoms with E-state index in [1.165, 1.54) is 0 Å². The van der Waals surface area contributed by atoms with Crippen LogP contribution < -0.4 is 11.1 Å². The number of benzene rings is 1. The topological polar surface area (TPSA) is 58.3 Å². The third kappa shape index (κ3) is 3.39. The first-order valence-electron chi connectivity index (χ1n) is 4.97. The van der Waals surface area contributed by atoms with Crippen LogP contribution in [0.4, 0.5) is 11.4 Å². The van der Waals surface area contributed by atoms with Crippen molar-refractivity contribution in [2.24, 2.45) is 5.92 Å². The Morgan fingerprint density at radius 1 is 1.47 bits per heavy atom. The number of anilines is 2. The van der Waals surface area contributed by atoms with Gasteiger partial charge in [0.25, 0.3) is 0 Å².